The van der Waals surface area contributed by atoms with Gasteiger partial charge in [-0.2, -0.15) is 5.10 Å². The van der Waals surface area contributed by atoms with Crippen LogP contribution in [0.15, 0.2) is 23.1 Å². The molecule has 0 aliphatic carbocycles. The highest BCUT2D eigenvalue weighted by Crippen LogP contribution is 2.12. The maximum Gasteiger partial charge on any atom is 0.331 e. The number of nitrogens with one attached hydrogen (secondary N) is 1. The van der Waals surface area contributed by atoms with Gasteiger partial charge in [0.25, 0.3) is 0 Å². The van der Waals surface area contributed by atoms with Gasteiger partial charge in [-0.15, -0.1) is 0 Å². The molecule has 0 aliphatic rings. The smallest absolute Gasteiger partial charge is 0.331 e. The number of thioether (sulfide) groups is 1. The van der Waals surface area contributed by atoms with Crippen LogP contribution in [0.5, 0.6) is 0 Å². The first-order valence-corrected chi connectivity index (χ1v) is 5.13. The lowest BCUT2D eigenvalue weighted by Crippen LogP contribution is -1.99. The first kappa shape index (κ1) is 10.8. The fourth-order valence-corrected chi connectivity index (χ4v) is 1.55. The van der Waals surface area contributed by atoms with Crippen molar-refractivity contribution in [2.75, 3.05) is 5.75 Å². The molecular formula is C8H11N3O2S. The Kier molecular flexibility index (Phi) is 4.18. The van der Waals surface area contributed by atoms with Crippen molar-refractivity contribution in [3.63, 3.8) is 0 Å². The highest BCUT2D eigenvalue weighted by molar-refractivity contribution is 7.99. The molecule has 0 spiro atoms. The van der Waals surface area contributed by atoms with Crippen LogP contribution < -0.4 is 0 Å². The van der Waals surface area contributed by atoms with Gasteiger partial charge in [-0.25, -0.2) is 9.78 Å². The van der Waals surface area contributed by atoms with E-state index in [1.807, 2.05) is 6.92 Å². The number of aliphatic carboxylic acids is 1. The number of hydrogen-bond acceptors (Lipinski definition) is 4. The second-order valence-electron chi connectivity index (χ2n) is 2.49. The van der Waals surface area contributed by atoms with E-state index in [1.54, 1.807) is 6.08 Å². The summed E-state index contributed by atoms with van der Waals surface area (Å²) in [5.74, 6) is -0.268. The average molecular weight is 213 g/mol. The maximum absolute atomic E-state index is 10.6. The summed E-state index contributed by atoms with van der Waals surface area (Å²) in [6.45, 7) is 1.82. The van der Waals surface area contributed by atoms with Crippen molar-refractivity contribution in [1.29, 1.82) is 0 Å². The predicted octanol–water partition coefficient (Wildman–Crippen LogP) is 1.32. The number of carbonyl (C=O) groups is 1. The Morgan fingerprint density at radius 1 is 1.79 bits per heavy atom. The minimum atomic E-state index is -0.856. The molecule has 0 fully saturated rings. The van der Waals surface area contributed by atoms with Crippen LogP contribution in [0.1, 0.15) is 13.3 Å². The summed E-state index contributed by atoms with van der Waals surface area (Å²) in [5, 5.41) is 15.8. The largest absolute Gasteiger partial charge is 0.478 e. The van der Waals surface area contributed by atoms with Crippen molar-refractivity contribution in [3.05, 3.63) is 18.0 Å². The Balaban J connectivity index is 2.42. The molecule has 0 amide bonds. The Morgan fingerprint density at radius 2 is 2.57 bits per heavy atom. The van der Waals surface area contributed by atoms with Crippen LogP contribution in [0.2, 0.25) is 0 Å². The van der Waals surface area contributed by atoms with Crippen molar-refractivity contribution in [1.82, 2.24) is 15.2 Å². The van der Waals surface area contributed by atoms with Crippen LogP contribution in [0, 0.1) is 0 Å². The summed E-state index contributed by atoms with van der Waals surface area (Å²) < 4.78 is 0. The second-order valence-corrected chi connectivity index (χ2v) is 3.50. The number of carboxylic acids is 1. The molecule has 0 saturated heterocycles. The Labute approximate surface area is 85.6 Å². The third-order valence-electron chi connectivity index (χ3n) is 1.60. The van der Waals surface area contributed by atoms with Crippen molar-refractivity contribution in [2.24, 2.45) is 0 Å². The van der Waals surface area contributed by atoms with E-state index in [2.05, 4.69) is 15.2 Å². The SMILES string of the molecule is CCC(=CCSc1ncn[nH]1)C(=O)O. The molecule has 1 rings (SSSR count). The van der Waals surface area contributed by atoms with Gasteiger partial charge in [0.1, 0.15) is 6.33 Å². The summed E-state index contributed by atoms with van der Waals surface area (Å²) in [6.07, 6.45) is 3.64. The number of aromatic amines is 1. The highest BCUT2D eigenvalue weighted by Gasteiger charge is 2.03. The van der Waals surface area contributed by atoms with Crippen molar-refractivity contribution in [3.8, 4) is 0 Å². The molecule has 0 radical (unpaired) electrons. The first-order chi connectivity index (χ1) is 6.74. The standard InChI is InChI=1S/C8H11N3O2S/c1-2-6(7(12)13)3-4-14-8-9-5-10-11-8/h3,5H,2,4H2,1H3,(H,12,13)(H,9,10,11). The number of carboxylic acid groups (broad SMARTS) is 1. The van der Waals surface area contributed by atoms with Gasteiger partial charge in [0.05, 0.1) is 0 Å². The summed E-state index contributed by atoms with van der Waals surface area (Å²) >= 11 is 1.42. The molecule has 0 aliphatic heterocycles. The van der Waals surface area contributed by atoms with E-state index in [1.165, 1.54) is 18.1 Å². The molecule has 14 heavy (non-hydrogen) atoms. The van der Waals surface area contributed by atoms with Gasteiger partial charge in [-0.1, -0.05) is 24.8 Å². The fraction of sp³-hybridized carbons (Fsp3) is 0.375. The number of hydrogen-bond donors (Lipinski definition) is 2. The van der Waals surface area contributed by atoms with Gasteiger partial charge >= 0.3 is 5.97 Å². The molecule has 0 atom stereocenters. The predicted molar refractivity (Wildman–Crippen MR) is 53.1 cm³/mol. The summed E-state index contributed by atoms with van der Waals surface area (Å²) in [6, 6.07) is 0. The molecule has 5 nitrogen and oxygen atoms in total. The maximum atomic E-state index is 10.6. The lowest BCUT2D eigenvalue weighted by atomic mass is 10.2. The molecule has 76 valence electrons. The third-order valence-corrected chi connectivity index (χ3v) is 2.40. The summed E-state index contributed by atoms with van der Waals surface area (Å²) in [4.78, 5) is 14.5. The molecule has 1 aromatic rings. The van der Waals surface area contributed by atoms with Crippen LogP contribution >= 0.6 is 11.8 Å². The fourth-order valence-electron chi connectivity index (χ4n) is 0.868. The average Bonchev–Trinajstić information content (AvgIpc) is 2.64. The van der Waals surface area contributed by atoms with E-state index in [0.717, 1.165) is 0 Å². The molecule has 0 unspecified atom stereocenters. The first-order valence-electron chi connectivity index (χ1n) is 4.14. The summed E-state index contributed by atoms with van der Waals surface area (Å²) in [7, 11) is 0. The molecule has 6 heteroatoms. The van der Waals surface area contributed by atoms with E-state index in [-0.39, 0.29) is 0 Å². The minimum absolute atomic E-state index is 0.428. The van der Waals surface area contributed by atoms with Crippen LogP contribution in [0.3, 0.4) is 0 Å². The Hall–Kier alpha value is -1.30. The monoisotopic (exact) mass is 213 g/mol. The van der Waals surface area contributed by atoms with E-state index in [9.17, 15) is 4.79 Å². The van der Waals surface area contributed by atoms with Crippen LogP contribution in [0.25, 0.3) is 0 Å². The summed E-state index contributed by atoms with van der Waals surface area (Å²) in [5.41, 5.74) is 0.428. The van der Waals surface area contributed by atoms with Crippen molar-refractivity contribution in [2.45, 2.75) is 18.5 Å². The zero-order valence-corrected chi connectivity index (χ0v) is 8.54. The van der Waals surface area contributed by atoms with Crippen LogP contribution in [0.4, 0.5) is 0 Å². The van der Waals surface area contributed by atoms with E-state index < -0.39 is 5.97 Å². The topological polar surface area (TPSA) is 78.9 Å². The van der Waals surface area contributed by atoms with Gasteiger partial charge in [0, 0.05) is 11.3 Å². The molecule has 0 aromatic carbocycles. The van der Waals surface area contributed by atoms with Gasteiger partial charge in [0.15, 0.2) is 5.16 Å². The lowest BCUT2D eigenvalue weighted by molar-refractivity contribution is -0.132. The second kappa shape index (κ2) is 5.43. The van der Waals surface area contributed by atoms with E-state index in [4.69, 9.17) is 5.11 Å². The highest BCUT2D eigenvalue weighted by atomic mass is 32.2. The van der Waals surface area contributed by atoms with E-state index >= 15 is 0 Å². The van der Waals surface area contributed by atoms with Crippen molar-refractivity contribution >= 4 is 17.7 Å². The number of H-pyrrole nitrogens is 1. The minimum Gasteiger partial charge on any atom is -0.478 e. The Bertz CT molecular complexity index is 321. The van der Waals surface area contributed by atoms with Crippen LogP contribution in [-0.2, 0) is 4.79 Å². The number of nitrogens with zero attached hydrogens (tertiary/aromatic N) is 2. The number of rotatable bonds is 5. The van der Waals surface area contributed by atoms with Gasteiger partial charge in [-0.05, 0) is 6.42 Å². The van der Waals surface area contributed by atoms with Gasteiger partial charge in [0.2, 0.25) is 0 Å². The van der Waals surface area contributed by atoms with Crippen LogP contribution in [-0.4, -0.2) is 32.0 Å². The quantitative estimate of drug-likeness (QED) is 0.569. The molecule has 0 bridgehead atoms. The molecular weight excluding hydrogens is 202 g/mol. The third kappa shape index (κ3) is 3.21. The van der Waals surface area contributed by atoms with Gasteiger partial charge < -0.3 is 5.11 Å². The van der Waals surface area contributed by atoms with E-state index in [0.29, 0.717) is 22.9 Å². The van der Waals surface area contributed by atoms with Gasteiger partial charge in [-0.3, -0.25) is 5.10 Å². The molecule has 2 N–H and O–H groups in total. The lowest BCUT2D eigenvalue weighted by Gasteiger charge is -1.96. The number of aromatic nitrogens is 3. The zero-order valence-electron chi connectivity index (χ0n) is 7.73. The zero-order chi connectivity index (χ0) is 10.4. The Morgan fingerprint density at radius 3 is 3.07 bits per heavy atom. The normalized spacial score (nSPS) is 11.6. The molecule has 1 heterocycles. The molecule has 0 saturated carbocycles. The molecule has 1 aromatic heterocycles. The van der Waals surface area contributed by atoms with Crippen molar-refractivity contribution < 1.29 is 9.90 Å².